The Hall–Kier alpha value is -2.71. The number of pyridine rings is 1. The highest BCUT2D eigenvalue weighted by Gasteiger charge is 2.17. The number of ether oxygens (including phenoxy) is 3. The summed E-state index contributed by atoms with van der Waals surface area (Å²) in [5.41, 5.74) is 1.42. The van der Waals surface area contributed by atoms with Gasteiger partial charge >= 0.3 is 6.03 Å². The Labute approximate surface area is 167 Å². The number of nitrogens with zero attached hydrogens (tertiary/aromatic N) is 2. The lowest BCUT2D eigenvalue weighted by molar-refractivity contribution is 0.122. The highest BCUT2D eigenvalue weighted by Crippen LogP contribution is 2.37. The summed E-state index contributed by atoms with van der Waals surface area (Å²) < 4.78 is 16.4. The van der Waals surface area contributed by atoms with Crippen molar-refractivity contribution in [3.63, 3.8) is 0 Å². The lowest BCUT2D eigenvalue weighted by Gasteiger charge is -2.28. The number of rotatable bonds is 4. The number of amides is 2. The van der Waals surface area contributed by atoms with Crippen LogP contribution in [0.2, 0.25) is 5.02 Å². The largest absolute Gasteiger partial charge is 0.486 e. The van der Waals surface area contributed by atoms with Crippen molar-refractivity contribution in [1.29, 1.82) is 0 Å². The molecule has 8 nitrogen and oxygen atoms in total. The standard InChI is InChI=1S/C19H21ClN4O4/c20-14-10-16-17(28-8-7-27-16)11-15(14)23-19(25)22-12-13-1-2-21-18(9-13)24-3-5-26-6-4-24/h1-2,9-11H,3-8,12H2,(H2,22,23,25). The number of hydrogen-bond donors (Lipinski definition) is 2. The third-order valence-corrected chi connectivity index (χ3v) is 4.79. The minimum atomic E-state index is -0.358. The van der Waals surface area contributed by atoms with E-state index in [0.29, 0.717) is 55.2 Å². The van der Waals surface area contributed by atoms with Crippen LogP contribution in [0.25, 0.3) is 0 Å². The van der Waals surface area contributed by atoms with Crippen LogP contribution < -0.4 is 25.0 Å². The van der Waals surface area contributed by atoms with Gasteiger partial charge in [-0.15, -0.1) is 0 Å². The Kier molecular flexibility index (Phi) is 5.68. The number of benzene rings is 1. The first kappa shape index (κ1) is 18.6. The Balaban J connectivity index is 1.36. The fraction of sp³-hybridized carbons (Fsp3) is 0.368. The maximum atomic E-state index is 12.3. The van der Waals surface area contributed by atoms with E-state index in [1.807, 2.05) is 12.1 Å². The van der Waals surface area contributed by atoms with Crippen molar-refractivity contribution in [1.82, 2.24) is 10.3 Å². The van der Waals surface area contributed by atoms with Crippen LogP contribution in [0.5, 0.6) is 11.5 Å². The Morgan fingerprint density at radius 2 is 1.86 bits per heavy atom. The van der Waals surface area contributed by atoms with Crippen molar-refractivity contribution >= 4 is 29.1 Å². The maximum absolute atomic E-state index is 12.3. The quantitative estimate of drug-likeness (QED) is 0.815. The second-order valence-corrected chi connectivity index (χ2v) is 6.81. The molecule has 0 aliphatic carbocycles. The highest BCUT2D eigenvalue weighted by atomic mass is 35.5. The lowest BCUT2D eigenvalue weighted by Crippen LogP contribution is -2.36. The van der Waals surface area contributed by atoms with Crippen molar-refractivity contribution in [3.8, 4) is 11.5 Å². The third-order valence-electron chi connectivity index (χ3n) is 4.48. The van der Waals surface area contributed by atoms with Gasteiger partial charge < -0.3 is 29.7 Å². The SMILES string of the molecule is O=C(NCc1ccnc(N2CCOCC2)c1)Nc1cc2c(cc1Cl)OCCO2. The van der Waals surface area contributed by atoms with Crippen molar-refractivity contribution in [2.24, 2.45) is 0 Å². The summed E-state index contributed by atoms with van der Waals surface area (Å²) in [6.45, 7) is 4.34. The predicted molar refractivity (Wildman–Crippen MR) is 106 cm³/mol. The molecule has 0 radical (unpaired) electrons. The Bertz CT molecular complexity index is 858. The van der Waals surface area contributed by atoms with Gasteiger partial charge in [-0.1, -0.05) is 11.6 Å². The van der Waals surface area contributed by atoms with Crippen LogP contribution in [-0.4, -0.2) is 50.5 Å². The fourth-order valence-electron chi connectivity index (χ4n) is 3.04. The van der Waals surface area contributed by atoms with Gasteiger partial charge in [-0.2, -0.15) is 0 Å². The number of carbonyl (C=O) groups excluding carboxylic acids is 1. The number of fused-ring (bicyclic) bond motifs is 1. The van der Waals surface area contributed by atoms with Crippen LogP contribution in [0.1, 0.15) is 5.56 Å². The van der Waals surface area contributed by atoms with E-state index in [-0.39, 0.29) is 6.03 Å². The van der Waals surface area contributed by atoms with Crippen LogP contribution in [0.15, 0.2) is 30.5 Å². The molecule has 1 aromatic heterocycles. The molecule has 1 fully saturated rings. The van der Waals surface area contributed by atoms with Crippen LogP contribution in [0.4, 0.5) is 16.3 Å². The molecule has 148 valence electrons. The van der Waals surface area contributed by atoms with Gasteiger partial charge in [0.25, 0.3) is 0 Å². The second-order valence-electron chi connectivity index (χ2n) is 6.41. The number of carbonyl (C=O) groups is 1. The first-order valence-corrected chi connectivity index (χ1v) is 9.48. The molecule has 1 aromatic carbocycles. The van der Waals surface area contributed by atoms with Crippen LogP contribution >= 0.6 is 11.6 Å². The molecule has 0 spiro atoms. The van der Waals surface area contributed by atoms with E-state index in [2.05, 4.69) is 20.5 Å². The summed E-state index contributed by atoms with van der Waals surface area (Å²) in [4.78, 5) is 18.9. The topological polar surface area (TPSA) is 85.0 Å². The van der Waals surface area contributed by atoms with E-state index < -0.39 is 0 Å². The number of halogens is 1. The average molecular weight is 405 g/mol. The van der Waals surface area contributed by atoms with Crippen molar-refractivity contribution in [2.45, 2.75) is 6.54 Å². The summed E-state index contributed by atoms with van der Waals surface area (Å²) in [5.74, 6) is 2.03. The molecule has 2 amide bonds. The number of urea groups is 1. The first-order valence-electron chi connectivity index (χ1n) is 9.11. The summed E-state index contributed by atoms with van der Waals surface area (Å²) in [6, 6.07) is 6.80. The lowest BCUT2D eigenvalue weighted by atomic mass is 10.2. The normalized spacial score (nSPS) is 15.8. The smallest absolute Gasteiger partial charge is 0.319 e. The van der Waals surface area contributed by atoms with E-state index >= 15 is 0 Å². The second kappa shape index (κ2) is 8.53. The number of morpholine rings is 1. The van der Waals surface area contributed by atoms with E-state index in [4.69, 9.17) is 25.8 Å². The number of aromatic nitrogens is 1. The van der Waals surface area contributed by atoms with Gasteiger partial charge in [0.15, 0.2) is 11.5 Å². The summed E-state index contributed by atoms with van der Waals surface area (Å²) in [7, 11) is 0. The number of nitrogens with one attached hydrogen (secondary N) is 2. The van der Waals surface area contributed by atoms with Gasteiger partial charge in [-0.25, -0.2) is 9.78 Å². The van der Waals surface area contributed by atoms with E-state index in [1.165, 1.54) is 0 Å². The average Bonchev–Trinajstić information content (AvgIpc) is 2.74. The molecule has 2 aromatic rings. The van der Waals surface area contributed by atoms with E-state index in [0.717, 1.165) is 24.5 Å². The summed E-state index contributed by atoms with van der Waals surface area (Å²) in [5, 5.41) is 5.97. The molecule has 1 saturated heterocycles. The molecular formula is C19H21ClN4O4. The van der Waals surface area contributed by atoms with Crippen molar-refractivity contribution in [2.75, 3.05) is 49.7 Å². The zero-order chi connectivity index (χ0) is 19.3. The van der Waals surface area contributed by atoms with Crippen molar-refractivity contribution in [3.05, 3.63) is 41.0 Å². The highest BCUT2D eigenvalue weighted by molar-refractivity contribution is 6.34. The zero-order valence-electron chi connectivity index (χ0n) is 15.2. The van der Waals surface area contributed by atoms with Gasteiger partial charge in [-0.05, 0) is 17.7 Å². The molecule has 28 heavy (non-hydrogen) atoms. The third kappa shape index (κ3) is 4.40. The minimum absolute atomic E-state index is 0.358. The molecule has 0 saturated carbocycles. The van der Waals surface area contributed by atoms with E-state index in [9.17, 15) is 4.79 Å². The molecule has 3 heterocycles. The van der Waals surface area contributed by atoms with Gasteiger partial charge in [0.2, 0.25) is 0 Å². The molecule has 0 atom stereocenters. The summed E-state index contributed by atoms with van der Waals surface area (Å²) >= 11 is 6.23. The number of anilines is 2. The van der Waals surface area contributed by atoms with Gasteiger partial charge in [0.05, 0.1) is 23.9 Å². The van der Waals surface area contributed by atoms with Crippen LogP contribution in [-0.2, 0) is 11.3 Å². The van der Waals surface area contributed by atoms with Crippen LogP contribution in [0.3, 0.4) is 0 Å². The molecule has 2 aliphatic rings. The monoisotopic (exact) mass is 404 g/mol. The van der Waals surface area contributed by atoms with Gasteiger partial charge in [0.1, 0.15) is 19.0 Å². The van der Waals surface area contributed by atoms with E-state index in [1.54, 1.807) is 18.3 Å². The van der Waals surface area contributed by atoms with Crippen molar-refractivity contribution < 1.29 is 19.0 Å². The molecule has 0 bridgehead atoms. The van der Waals surface area contributed by atoms with Gasteiger partial charge in [0, 0.05) is 38.0 Å². The molecule has 0 unspecified atom stereocenters. The molecular weight excluding hydrogens is 384 g/mol. The Morgan fingerprint density at radius 1 is 1.11 bits per heavy atom. The number of hydrogen-bond acceptors (Lipinski definition) is 6. The maximum Gasteiger partial charge on any atom is 0.319 e. The van der Waals surface area contributed by atoms with Gasteiger partial charge in [-0.3, -0.25) is 0 Å². The Morgan fingerprint density at radius 3 is 2.64 bits per heavy atom. The van der Waals surface area contributed by atoms with Crippen LogP contribution in [0, 0.1) is 0 Å². The summed E-state index contributed by atoms with van der Waals surface area (Å²) in [6.07, 6.45) is 1.75. The zero-order valence-corrected chi connectivity index (χ0v) is 16.0. The fourth-order valence-corrected chi connectivity index (χ4v) is 3.25. The molecule has 4 rings (SSSR count). The first-order chi connectivity index (χ1) is 13.7. The molecule has 2 aliphatic heterocycles. The molecule has 9 heteroatoms. The molecule has 2 N–H and O–H groups in total. The minimum Gasteiger partial charge on any atom is -0.486 e. The predicted octanol–water partition coefficient (Wildman–Crippen LogP) is 2.66.